The van der Waals surface area contributed by atoms with Crippen LogP contribution < -0.4 is 5.76 Å². The monoisotopic (exact) mass is 251 g/mol. The van der Waals surface area contributed by atoms with Gasteiger partial charge in [0, 0.05) is 6.54 Å². The molecular weight excluding hydrogens is 238 g/mol. The van der Waals surface area contributed by atoms with E-state index in [1.807, 2.05) is 60.7 Å². The van der Waals surface area contributed by atoms with E-state index < -0.39 is 0 Å². The number of aromatic nitrogens is 1. The molecule has 3 rings (SSSR count). The summed E-state index contributed by atoms with van der Waals surface area (Å²) in [5.41, 5.74) is 2.56. The van der Waals surface area contributed by atoms with Crippen LogP contribution in [0.2, 0.25) is 0 Å². The average Bonchev–Trinajstić information content (AvgIpc) is 2.76. The second-order valence-corrected chi connectivity index (χ2v) is 4.26. The van der Waals surface area contributed by atoms with E-state index in [1.165, 1.54) is 0 Å². The molecule has 0 unspecified atom stereocenters. The predicted molar refractivity (Wildman–Crippen MR) is 76.0 cm³/mol. The highest BCUT2D eigenvalue weighted by Crippen LogP contribution is 2.11. The number of nitrogens with zero attached hydrogens (tertiary/aromatic N) is 1. The molecule has 3 aromatic rings. The van der Waals surface area contributed by atoms with Crippen molar-refractivity contribution in [1.29, 1.82) is 0 Å². The lowest BCUT2D eigenvalue weighted by Gasteiger charge is -1.96. The molecule has 0 aliphatic carbocycles. The topological polar surface area (TPSA) is 35.1 Å². The largest absolute Gasteiger partial charge is 0.420 e. The maximum absolute atomic E-state index is 11.7. The molecule has 0 saturated heterocycles. The van der Waals surface area contributed by atoms with E-state index in [1.54, 1.807) is 10.6 Å². The Balaban J connectivity index is 1.88. The number of hydrogen-bond acceptors (Lipinski definition) is 2. The van der Waals surface area contributed by atoms with Crippen LogP contribution in [0.3, 0.4) is 0 Å². The summed E-state index contributed by atoms with van der Waals surface area (Å²) in [6.07, 6.45) is 3.95. The number of hydrogen-bond donors (Lipinski definition) is 0. The van der Waals surface area contributed by atoms with Crippen LogP contribution in [-0.2, 0) is 6.54 Å². The average molecular weight is 251 g/mol. The van der Waals surface area contributed by atoms with Crippen LogP contribution in [0.5, 0.6) is 0 Å². The van der Waals surface area contributed by atoms with E-state index in [2.05, 4.69) is 0 Å². The number of fused-ring (bicyclic) bond motifs is 1. The molecule has 3 heteroatoms. The summed E-state index contributed by atoms with van der Waals surface area (Å²) in [7, 11) is 0. The van der Waals surface area contributed by atoms with E-state index in [0.717, 1.165) is 11.1 Å². The molecule has 0 amide bonds. The van der Waals surface area contributed by atoms with Gasteiger partial charge in [0.05, 0.1) is 5.52 Å². The van der Waals surface area contributed by atoms with Crippen LogP contribution in [0.25, 0.3) is 17.2 Å². The normalized spacial score (nSPS) is 11.4. The second kappa shape index (κ2) is 4.98. The van der Waals surface area contributed by atoms with Gasteiger partial charge in [0.1, 0.15) is 0 Å². The lowest BCUT2D eigenvalue weighted by molar-refractivity contribution is 0.520. The highest BCUT2D eigenvalue weighted by Gasteiger charge is 2.05. The number of para-hydroxylation sites is 2. The first-order valence-corrected chi connectivity index (χ1v) is 6.14. The van der Waals surface area contributed by atoms with Crippen molar-refractivity contribution in [2.45, 2.75) is 6.54 Å². The molecule has 19 heavy (non-hydrogen) atoms. The summed E-state index contributed by atoms with van der Waals surface area (Å²) in [5, 5.41) is 0. The van der Waals surface area contributed by atoms with Gasteiger partial charge in [-0.05, 0) is 17.7 Å². The van der Waals surface area contributed by atoms with Crippen molar-refractivity contribution in [2.24, 2.45) is 0 Å². The Hall–Kier alpha value is -2.55. The first-order chi connectivity index (χ1) is 9.34. The third-order valence-corrected chi connectivity index (χ3v) is 2.97. The number of benzene rings is 2. The van der Waals surface area contributed by atoms with Gasteiger partial charge in [0.15, 0.2) is 5.58 Å². The predicted octanol–water partition coefficient (Wildman–Crippen LogP) is 3.31. The molecule has 2 aromatic carbocycles. The van der Waals surface area contributed by atoms with Gasteiger partial charge in [-0.1, -0.05) is 54.6 Å². The zero-order chi connectivity index (χ0) is 13.1. The van der Waals surface area contributed by atoms with Crippen LogP contribution in [0.4, 0.5) is 0 Å². The standard InChI is InChI=1S/C16H13NO2/c18-16-17(14-10-4-5-11-15(14)19-16)12-6-9-13-7-2-1-3-8-13/h1-11H,12H2/b9-6+. The molecule has 94 valence electrons. The zero-order valence-electron chi connectivity index (χ0n) is 10.3. The molecule has 0 atom stereocenters. The van der Waals surface area contributed by atoms with Crippen molar-refractivity contribution in [3.05, 3.63) is 76.8 Å². The van der Waals surface area contributed by atoms with E-state index in [0.29, 0.717) is 12.1 Å². The van der Waals surface area contributed by atoms with Crippen LogP contribution in [0.1, 0.15) is 5.56 Å². The van der Waals surface area contributed by atoms with Gasteiger partial charge in [0.25, 0.3) is 0 Å². The van der Waals surface area contributed by atoms with Crippen molar-refractivity contribution in [3.63, 3.8) is 0 Å². The van der Waals surface area contributed by atoms with E-state index in [4.69, 9.17) is 4.42 Å². The highest BCUT2D eigenvalue weighted by atomic mass is 16.4. The minimum absolute atomic E-state index is 0.320. The van der Waals surface area contributed by atoms with Gasteiger partial charge >= 0.3 is 5.76 Å². The molecule has 0 bridgehead atoms. The van der Waals surface area contributed by atoms with E-state index >= 15 is 0 Å². The Labute approximate surface area is 110 Å². The van der Waals surface area contributed by atoms with Crippen LogP contribution in [-0.4, -0.2) is 4.57 Å². The minimum atomic E-state index is -0.320. The molecule has 1 aromatic heterocycles. The van der Waals surface area contributed by atoms with Crippen LogP contribution >= 0.6 is 0 Å². The second-order valence-electron chi connectivity index (χ2n) is 4.26. The maximum Gasteiger partial charge on any atom is 0.420 e. The maximum atomic E-state index is 11.7. The molecule has 1 heterocycles. The Bertz CT molecular complexity index is 766. The summed E-state index contributed by atoms with van der Waals surface area (Å²) in [5.74, 6) is -0.320. The summed E-state index contributed by atoms with van der Waals surface area (Å²) in [4.78, 5) is 11.7. The molecule has 0 fully saturated rings. The molecule has 0 spiro atoms. The van der Waals surface area contributed by atoms with Crippen molar-refractivity contribution in [3.8, 4) is 0 Å². The fourth-order valence-corrected chi connectivity index (χ4v) is 2.05. The molecule has 0 radical (unpaired) electrons. The van der Waals surface area contributed by atoms with Gasteiger partial charge in [-0.2, -0.15) is 0 Å². The first kappa shape index (κ1) is 11.5. The minimum Gasteiger partial charge on any atom is -0.408 e. The Morgan fingerprint density at radius 2 is 1.74 bits per heavy atom. The molecule has 0 N–H and O–H groups in total. The highest BCUT2D eigenvalue weighted by molar-refractivity contribution is 5.72. The van der Waals surface area contributed by atoms with E-state index in [-0.39, 0.29) is 5.76 Å². The van der Waals surface area contributed by atoms with E-state index in [9.17, 15) is 4.79 Å². The fourth-order valence-electron chi connectivity index (χ4n) is 2.05. The zero-order valence-corrected chi connectivity index (χ0v) is 10.3. The lowest BCUT2D eigenvalue weighted by atomic mass is 10.2. The summed E-state index contributed by atoms with van der Waals surface area (Å²) < 4.78 is 6.80. The van der Waals surface area contributed by atoms with Gasteiger partial charge in [-0.3, -0.25) is 4.57 Å². The Kier molecular flexibility index (Phi) is 3.02. The van der Waals surface area contributed by atoms with Gasteiger partial charge < -0.3 is 4.42 Å². The third kappa shape index (κ3) is 2.36. The molecule has 3 nitrogen and oxygen atoms in total. The van der Waals surface area contributed by atoms with Crippen LogP contribution in [0.15, 0.2) is 69.9 Å². The summed E-state index contributed by atoms with van der Waals surface area (Å²) in [6, 6.07) is 17.4. The van der Waals surface area contributed by atoms with Crippen molar-refractivity contribution < 1.29 is 4.42 Å². The SMILES string of the molecule is O=c1oc2ccccc2n1C/C=C/c1ccccc1. The lowest BCUT2D eigenvalue weighted by Crippen LogP contribution is -2.12. The number of allylic oxidation sites excluding steroid dienone is 1. The van der Waals surface area contributed by atoms with Crippen molar-refractivity contribution in [2.75, 3.05) is 0 Å². The van der Waals surface area contributed by atoms with Gasteiger partial charge in [0.2, 0.25) is 0 Å². The quantitative estimate of drug-likeness (QED) is 0.715. The van der Waals surface area contributed by atoms with Gasteiger partial charge in [-0.15, -0.1) is 0 Å². The molecule has 0 aliphatic heterocycles. The Morgan fingerprint density at radius 1 is 1.00 bits per heavy atom. The number of rotatable bonds is 3. The van der Waals surface area contributed by atoms with Crippen LogP contribution in [0, 0.1) is 0 Å². The van der Waals surface area contributed by atoms with Gasteiger partial charge in [-0.25, -0.2) is 4.79 Å². The summed E-state index contributed by atoms with van der Waals surface area (Å²) in [6.45, 7) is 0.505. The fraction of sp³-hybridized carbons (Fsp3) is 0.0625. The summed E-state index contributed by atoms with van der Waals surface area (Å²) >= 11 is 0. The smallest absolute Gasteiger partial charge is 0.408 e. The molecular formula is C16H13NO2. The molecule has 0 aliphatic rings. The Morgan fingerprint density at radius 3 is 2.58 bits per heavy atom. The van der Waals surface area contributed by atoms with Crippen molar-refractivity contribution in [1.82, 2.24) is 4.57 Å². The van der Waals surface area contributed by atoms with Crippen molar-refractivity contribution >= 4 is 17.2 Å². The molecule has 0 saturated carbocycles. The number of oxazole rings is 1. The first-order valence-electron chi connectivity index (χ1n) is 6.14. The third-order valence-electron chi connectivity index (χ3n) is 2.97.